The van der Waals surface area contributed by atoms with Gasteiger partial charge in [-0.15, -0.1) is 0 Å². The van der Waals surface area contributed by atoms with Crippen molar-refractivity contribution in [3.8, 4) is 0 Å². The maximum atomic E-state index is 9.91. The Hall–Kier alpha value is -0.860. The monoisotopic (exact) mass is 220 g/mol. The molecule has 1 fully saturated rings. The molecule has 2 rings (SSSR count). The van der Waals surface area contributed by atoms with Gasteiger partial charge in [0, 0.05) is 5.92 Å². The predicted octanol–water partition coefficient (Wildman–Crippen LogP) is 3.10. The SMILES string of the molecule is OC(OCc1ccccc1)C1CCCCC1. The van der Waals surface area contributed by atoms with Crippen LogP contribution in [0.5, 0.6) is 0 Å². The van der Waals surface area contributed by atoms with E-state index in [1.807, 2.05) is 30.3 Å². The fraction of sp³-hybridized carbons (Fsp3) is 0.571. The Morgan fingerprint density at radius 1 is 1.12 bits per heavy atom. The summed E-state index contributed by atoms with van der Waals surface area (Å²) in [7, 11) is 0. The van der Waals surface area contributed by atoms with Crippen molar-refractivity contribution in [3.05, 3.63) is 35.9 Å². The first-order valence-electron chi connectivity index (χ1n) is 6.20. The van der Waals surface area contributed by atoms with Gasteiger partial charge in [-0.1, -0.05) is 49.6 Å². The first-order valence-corrected chi connectivity index (χ1v) is 6.20. The standard InChI is InChI=1S/C14H20O2/c15-14(13-9-5-2-6-10-13)16-11-12-7-3-1-4-8-12/h1,3-4,7-8,13-15H,2,5-6,9-11H2. The Labute approximate surface area is 97.3 Å². The molecule has 0 heterocycles. The van der Waals surface area contributed by atoms with Gasteiger partial charge in [0.1, 0.15) is 0 Å². The Kier molecular flexibility index (Phi) is 4.37. The van der Waals surface area contributed by atoms with Crippen molar-refractivity contribution >= 4 is 0 Å². The summed E-state index contributed by atoms with van der Waals surface area (Å²) in [6.07, 6.45) is 5.40. The molecule has 0 radical (unpaired) electrons. The Balaban J connectivity index is 1.76. The van der Waals surface area contributed by atoms with E-state index in [0.717, 1.165) is 18.4 Å². The minimum Gasteiger partial charge on any atom is -0.368 e. The van der Waals surface area contributed by atoms with Crippen LogP contribution in [0.2, 0.25) is 0 Å². The molecule has 88 valence electrons. The first-order chi connectivity index (χ1) is 7.86. The molecule has 0 aromatic heterocycles. The summed E-state index contributed by atoms with van der Waals surface area (Å²) < 4.78 is 5.52. The number of aliphatic hydroxyl groups excluding tert-OH is 1. The summed E-state index contributed by atoms with van der Waals surface area (Å²) in [5.41, 5.74) is 1.12. The molecule has 1 aromatic rings. The average Bonchev–Trinajstić information content (AvgIpc) is 2.38. The van der Waals surface area contributed by atoms with Crippen molar-refractivity contribution in [2.75, 3.05) is 0 Å². The number of hydrogen-bond acceptors (Lipinski definition) is 2. The highest BCUT2D eigenvalue weighted by atomic mass is 16.6. The second-order valence-electron chi connectivity index (χ2n) is 4.59. The minimum absolute atomic E-state index is 0.345. The average molecular weight is 220 g/mol. The lowest BCUT2D eigenvalue weighted by Gasteiger charge is -2.26. The topological polar surface area (TPSA) is 29.5 Å². The molecule has 1 unspecified atom stereocenters. The first kappa shape index (κ1) is 11.6. The summed E-state index contributed by atoms with van der Waals surface area (Å²) in [5.74, 6) is 0.345. The molecule has 1 saturated carbocycles. The van der Waals surface area contributed by atoms with Crippen molar-refractivity contribution < 1.29 is 9.84 Å². The quantitative estimate of drug-likeness (QED) is 0.790. The molecule has 2 heteroatoms. The second kappa shape index (κ2) is 6.02. The smallest absolute Gasteiger partial charge is 0.157 e. The summed E-state index contributed by atoms with van der Waals surface area (Å²) in [5, 5.41) is 9.91. The van der Waals surface area contributed by atoms with Crippen LogP contribution in [-0.2, 0) is 11.3 Å². The maximum absolute atomic E-state index is 9.91. The van der Waals surface area contributed by atoms with Gasteiger partial charge in [-0.05, 0) is 18.4 Å². The lowest BCUT2D eigenvalue weighted by atomic mass is 9.89. The maximum Gasteiger partial charge on any atom is 0.157 e. The molecule has 2 nitrogen and oxygen atoms in total. The molecule has 0 spiro atoms. The van der Waals surface area contributed by atoms with Crippen molar-refractivity contribution in [2.24, 2.45) is 5.92 Å². The fourth-order valence-corrected chi connectivity index (χ4v) is 2.31. The number of ether oxygens (including phenoxy) is 1. The van der Waals surface area contributed by atoms with Crippen LogP contribution in [0.15, 0.2) is 30.3 Å². The van der Waals surface area contributed by atoms with Gasteiger partial charge >= 0.3 is 0 Å². The fourth-order valence-electron chi connectivity index (χ4n) is 2.31. The van der Waals surface area contributed by atoms with Gasteiger partial charge in [0.25, 0.3) is 0 Å². The highest BCUT2D eigenvalue weighted by Gasteiger charge is 2.21. The van der Waals surface area contributed by atoms with E-state index < -0.39 is 6.29 Å². The van der Waals surface area contributed by atoms with Gasteiger partial charge in [-0.2, -0.15) is 0 Å². The lowest BCUT2D eigenvalue weighted by Crippen LogP contribution is -2.25. The Morgan fingerprint density at radius 3 is 2.50 bits per heavy atom. The summed E-state index contributed by atoms with van der Waals surface area (Å²) >= 11 is 0. The predicted molar refractivity (Wildman–Crippen MR) is 63.8 cm³/mol. The third kappa shape index (κ3) is 3.32. The Morgan fingerprint density at radius 2 is 1.81 bits per heavy atom. The normalized spacial score (nSPS) is 19.6. The molecule has 0 saturated heterocycles. The number of aliphatic hydroxyl groups is 1. The minimum atomic E-state index is -0.583. The molecule has 0 bridgehead atoms. The lowest BCUT2D eigenvalue weighted by molar-refractivity contribution is -0.148. The van der Waals surface area contributed by atoms with Crippen LogP contribution >= 0.6 is 0 Å². The van der Waals surface area contributed by atoms with Gasteiger partial charge in [-0.3, -0.25) is 0 Å². The molecule has 1 aliphatic rings. The van der Waals surface area contributed by atoms with E-state index in [-0.39, 0.29) is 0 Å². The molecule has 1 aromatic carbocycles. The van der Waals surface area contributed by atoms with E-state index in [0.29, 0.717) is 12.5 Å². The number of rotatable bonds is 4. The second-order valence-corrected chi connectivity index (χ2v) is 4.59. The molecule has 1 aliphatic carbocycles. The summed E-state index contributed by atoms with van der Waals surface area (Å²) in [6.45, 7) is 0.512. The van der Waals surface area contributed by atoms with Crippen LogP contribution in [0.3, 0.4) is 0 Å². The molecular formula is C14H20O2. The van der Waals surface area contributed by atoms with Crippen LogP contribution in [0.1, 0.15) is 37.7 Å². The van der Waals surface area contributed by atoms with E-state index in [2.05, 4.69) is 0 Å². The third-order valence-corrected chi connectivity index (χ3v) is 3.32. The van der Waals surface area contributed by atoms with Crippen molar-refractivity contribution in [3.63, 3.8) is 0 Å². The molecule has 1 N–H and O–H groups in total. The van der Waals surface area contributed by atoms with Crippen LogP contribution in [0.4, 0.5) is 0 Å². The van der Waals surface area contributed by atoms with Crippen molar-refractivity contribution in [1.29, 1.82) is 0 Å². The molecular weight excluding hydrogens is 200 g/mol. The van der Waals surface area contributed by atoms with Crippen LogP contribution in [0, 0.1) is 5.92 Å². The molecule has 16 heavy (non-hydrogen) atoms. The van der Waals surface area contributed by atoms with Gasteiger partial charge in [0.2, 0.25) is 0 Å². The van der Waals surface area contributed by atoms with E-state index in [1.54, 1.807) is 0 Å². The zero-order chi connectivity index (χ0) is 11.2. The van der Waals surface area contributed by atoms with Crippen LogP contribution in [-0.4, -0.2) is 11.4 Å². The number of hydrogen-bond donors (Lipinski definition) is 1. The van der Waals surface area contributed by atoms with E-state index in [9.17, 15) is 5.11 Å². The van der Waals surface area contributed by atoms with E-state index in [4.69, 9.17) is 4.74 Å². The molecule has 1 atom stereocenters. The van der Waals surface area contributed by atoms with Crippen LogP contribution < -0.4 is 0 Å². The number of benzene rings is 1. The van der Waals surface area contributed by atoms with Crippen LogP contribution in [0.25, 0.3) is 0 Å². The molecule has 0 aliphatic heterocycles. The van der Waals surface area contributed by atoms with Crippen molar-refractivity contribution in [2.45, 2.75) is 45.0 Å². The van der Waals surface area contributed by atoms with Gasteiger partial charge in [0.05, 0.1) is 6.61 Å². The van der Waals surface area contributed by atoms with E-state index in [1.165, 1.54) is 19.3 Å². The zero-order valence-corrected chi connectivity index (χ0v) is 9.64. The van der Waals surface area contributed by atoms with E-state index >= 15 is 0 Å². The van der Waals surface area contributed by atoms with Crippen molar-refractivity contribution in [1.82, 2.24) is 0 Å². The summed E-state index contributed by atoms with van der Waals surface area (Å²) in [6, 6.07) is 10.0. The highest BCUT2D eigenvalue weighted by molar-refractivity contribution is 5.13. The Bertz CT molecular complexity index is 291. The zero-order valence-electron chi connectivity index (χ0n) is 9.64. The van der Waals surface area contributed by atoms with Gasteiger partial charge in [-0.25, -0.2) is 0 Å². The summed E-state index contributed by atoms with van der Waals surface area (Å²) in [4.78, 5) is 0. The highest BCUT2D eigenvalue weighted by Crippen LogP contribution is 2.27. The third-order valence-electron chi connectivity index (χ3n) is 3.32. The molecule has 0 amide bonds. The van der Waals surface area contributed by atoms with Gasteiger partial charge < -0.3 is 9.84 Å². The van der Waals surface area contributed by atoms with Gasteiger partial charge in [0.15, 0.2) is 6.29 Å². The largest absolute Gasteiger partial charge is 0.368 e.